The number of nitrogens with two attached hydrogens (primary N) is 1. The van der Waals surface area contributed by atoms with Gasteiger partial charge in [0.05, 0.1) is 38.6 Å². The second-order valence-corrected chi connectivity index (χ2v) is 5.42. The van der Waals surface area contributed by atoms with Gasteiger partial charge in [0.2, 0.25) is 0 Å². The molecule has 2 N–H and O–H groups in total. The van der Waals surface area contributed by atoms with E-state index in [0.29, 0.717) is 19.8 Å². The summed E-state index contributed by atoms with van der Waals surface area (Å²) in [5.74, 6) is 0.829. The Morgan fingerprint density at radius 3 is 2.26 bits per heavy atom. The molecule has 0 aliphatic heterocycles. The van der Waals surface area contributed by atoms with Crippen LogP contribution in [0.5, 0.6) is 5.75 Å². The van der Waals surface area contributed by atoms with Crippen molar-refractivity contribution in [1.82, 2.24) is 0 Å². The Balaban J connectivity index is 2.25. The van der Waals surface area contributed by atoms with Crippen LogP contribution < -0.4 is 10.5 Å². The lowest BCUT2D eigenvalue weighted by Gasteiger charge is -2.20. The van der Waals surface area contributed by atoms with Crippen molar-refractivity contribution in [2.75, 3.05) is 26.9 Å². The van der Waals surface area contributed by atoms with Gasteiger partial charge in [0.25, 0.3) is 0 Å². The molecular formula is C15H25NO3. The van der Waals surface area contributed by atoms with Crippen LogP contribution in [0.4, 0.5) is 0 Å². The third-order valence-corrected chi connectivity index (χ3v) is 2.60. The third kappa shape index (κ3) is 6.57. The van der Waals surface area contributed by atoms with E-state index in [-0.39, 0.29) is 11.6 Å². The molecule has 1 rings (SSSR count). The standard InChI is InChI=1S/C15H25NO3/c1-15(2,3)19-10-9-18-11-14(16)12-5-7-13(17-4)8-6-12/h5-8,14H,9-11,16H2,1-4H3. The molecule has 0 saturated carbocycles. The fourth-order valence-corrected chi connectivity index (χ4v) is 1.56. The fourth-order valence-electron chi connectivity index (χ4n) is 1.56. The summed E-state index contributed by atoms with van der Waals surface area (Å²) in [4.78, 5) is 0. The van der Waals surface area contributed by atoms with E-state index in [1.54, 1.807) is 7.11 Å². The van der Waals surface area contributed by atoms with Crippen LogP contribution in [0.15, 0.2) is 24.3 Å². The summed E-state index contributed by atoms with van der Waals surface area (Å²) < 4.78 is 16.2. The fraction of sp³-hybridized carbons (Fsp3) is 0.600. The van der Waals surface area contributed by atoms with Gasteiger partial charge < -0.3 is 19.9 Å². The molecule has 0 aliphatic carbocycles. The quantitative estimate of drug-likeness (QED) is 0.771. The molecule has 4 nitrogen and oxygen atoms in total. The lowest BCUT2D eigenvalue weighted by molar-refractivity contribution is -0.0363. The molecule has 0 saturated heterocycles. The van der Waals surface area contributed by atoms with Crippen molar-refractivity contribution in [2.24, 2.45) is 5.73 Å². The van der Waals surface area contributed by atoms with Crippen molar-refractivity contribution in [1.29, 1.82) is 0 Å². The van der Waals surface area contributed by atoms with Crippen LogP contribution in [0.2, 0.25) is 0 Å². The van der Waals surface area contributed by atoms with Crippen LogP contribution in [-0.2, 0) is 9.47 Å². The largest absolute Gasteiger partial charge is 0.497 e. The molecule has 0 bridgehead atoms. The lowest BCUT2D eigenvalue weighted by atomic mass is 10.1. The molecule has 1 aromatic rings. The molecule has 1 aromatic carbocycles. The van der Waals surface area contributed by atoms with Gasteiger partial charge in [0, 0.05) is 0 Å². The highest BCUT2D eigenvalue weighted by Crippen LogP contribution is 2.16. The molecule has 4 heteroatoms. The summed E-state index contributed by atoms with van der Waals surface area (Å²) in [5, 5.41) is 0. The SMILES string of the molecule is COc1ccc(C(N)COCCOC(C)(C)C)cc1. The highest BCUT2D eigenvalue weighted by atomic mass is 16.5. The minimum absolute atomic E-state index is 0.124. The van der Waals surface area contributed by atoms with Gasteiger partial charge in [-0.1, -0.05) is 12.1 Å². The van der Waals surface area contributed by atoms with Gasteiger partial charge in [0.1, 0.15) is 5.75 Å². The third-order valence-electron chi connectivity index (χ3n) is 2.60. The van der Waals surface area contributed by atoms with Gasteiger partial charge in [0.15, 0.2) is 0 Å². The molecule has 0 aromatic heterocycles. The zero-order valence-electron chi connectivity index (χ0n) is 12.3. The summed E-state index contributed by atoms with van der Waals surface area (Å²) in [6, 6.07) is 7.59. The number of ether oxygens (including phenoxy) is 3. The molecule has 0 radical (unpaired) electrons. The minimum Gasteiger partial charge on any atom is -0.497 e. The van der Waals surface area contributed by atoms with Crippen molar-refractivity contribution in [3.05, 3.63) is 29.8 Å². The Kier molecular flexibility index (Phi) is 6.28. The number of methoxy groups -OCH3 is 1. The summed E-state index contributed by atoms with van der Waals surface area (Å²) in [5.41, 5.74) is 6.96. The topological polar surface area (TPSA) is 53.7 Å². The maximum absolute atomic E-state index is 6.05. The average Bonchev–Trinajstić information content (AvgIpc) is 2.37. The van der Waals surface area contributed by atoms with Gasteiger partial charge in [-0.2, -0.15) is 0 Å². The first kappa shape index (κ1) is 16.0. The van der Waals surface area contributed by atoms with Gasteiger partial charge in [-0.15, -0.1) is 0 Å². The predicted molar refractivity (Wildman–Crippen MR) is 76.4 cm³/mol. The van der Waals surface area contributed by atoms with E-state index in [2.05, 4.69) is 0 Å². The van der Waals surface area contributed by atoms with Gasteiger partial charge in [-0.25, -0.2) is 0 Å². The van der Waals surface area contributed by atoms with Crippen molar-refractivity contribution in [3.8, 4) is 5.75 Å². The second-order valence-electron chi connectivity index (χ2n) is 5.42. The first-order valence-corrected chi connectivity index (χ1v) is 6.53. The van der Waals surface area contributed by atoms with Crippen molar-refractivity contribution in [2.45, 2.75) is 32.4 Å². The van der Waals surface area contributed by atoms with E-state index in [1.807, 2.05) is 45.0 Å². The Labute approximate surface area is 115 Å². The summed E-state index contributed by atoms with van der Waals surface area (Å²) in [6.07, 6.45) is 0. The van der Waals surface area contributed by atoms with Crippen molar-refractivity contribution >= 4 is 0 Å². The number of hydrogen-bond acceptors (Lipinski definition) is 4. The van der Waals surface area contributed by atoms with E-state index in [4.69, 9.17) is 19.9 Å². The van der Waals surface area contributed by atoms with E-state index in [1.165, 1.54) is 0 Å². The van der Waals surface area contributed by atoms with Gasteiger partial charge in [-0.3, -0.25) is 0 Å². The monoisotopic (exact) mass is 267 g/mol. The smallest absolute Gasteiger partial charge is 0.118 e. The molecule has 1 atom stereocenters. The van der Waals surface area contributed by atoms with Crippen LogP contribution in [-0.4, -0.2) is 32.5 Å². The van der Waals surface area contributed by atoms with E-state index in [0.717, 1.165) is 11.3 Å². The van der Waals surface area contributed by atoms with Crippen LogP contribution in [0.25, 0.3) is 0 Å². The van der Waals surface area contributed by atoms with Crippen LogP contribution >= 0.6 is 0 Å². The normalized spacial score (nSPS) is 13.3. The van der Waals surface area contributed by atoms with E-state index >= 15 is 0 Å². The first-order chi connectivity index (χ1) is 8.92. The van der Waals surface area contributed by atoms with Crippen LogP contribution in [0.1, 0.15) is 32.4 Å². The van der Waals surface area contributed by atoms with Crippen molar-refractivity contribution in [3.63, 3.8) is 0 Å². The summed E-state index contributed by atoms with van der Waals surface area (Å²) >= 11 is 0. The lowest BCUT2D eigenvalue weighted by Crippen LogP contribution is -2.23. The van der Waals surface area contributed by atoms with Crippen LogP contribution in [0.3, 0.4) is 0 Å². The zero-order valence-corrected chi connectivity index (χ0v) is 12.3. The maximum atomic E-state index is 6.05. The number of benzene rings is 1. The Bertz CT molecular complexity index is 357. The van der Waals surface area contributed by atoms with E-state index < -0.39 is 0 Å². The number of rotatable bonds is 7. The molecule has 0 amide bonds. The Morgan fingerprint density at radius 1 is 1.11 bits per heavy atom. The molecule has 0 fully saturated rings. The van der Waals surface area contributed by atoms with Crippen molar-refractivity contribution < 1.29 is 14.2 Å². The highest BCUT2D eigenvalue weighted by Gasteiger charge is 2.10. The summed E-state index contributed by atoms with van der Waals surface area (Å²) in [7, 11) is 1.65. The Morgan fingerprint density at radius 2 is 1.74 bits per heavy atom. The van der Waals surface area contributed by atoms with Gasteiger partial charge in [-0.05, 0) is 38.5 Å². The molecule has 19 heavy (non-hydrogen) atoms. The Hall–Kier alpha value is -1.10. The molecule has 0 heterocycles. The first-order valence-electron chi connectivity index (χ1n) is 6.53. The zero-order chi connectivity index (χ0) is 14.3. The van der Waals surface area contributed by atoms with Crippen LogP contribution in [0, 0.1) is 0 Å². The predicted octanol–water partition coefficient (Wildman–Crippen LogP) is 2.53. The maximum Gasteiger partial charge on any atom is 0.118 e. The molecule has 0 spiro atoms. The molecule has 1 unspecified atom stereocenters. The molecule has 108 valence electrons. The molecular weight excluding hydrogens is 242 g/mol. The minimum atomic E-state index is -0.124. The van der Waals surface area contributed by atoms with E-state index in [9.17, 15) is 0 Å². The molecule has 0 aliphatic rings. The summed E-state index contributed by atoms with van der Waals surface area (Å²) in [6.45, 7) is 7.70. The second kappa shape index (κ2) is 7.48. The van der Waals surface area contributed by atoms with Gasteiger partial charge >= 0.3 is 0 Å². The highest BCUT2D eigenvalue weighted by molar-refractivity contribution is 5.28. The average molecular weight is 267 g/mol. The number of hydrogen-bond donors (Lipinski definition) is 1.